The van der Waals surface area contributed by atoms with E-state index >= 15 is 0 Å². The molecule has 0 saturated carbocycles. The SMILES string of the molecule is NCCCC[C@H](NC(=O)[C@H](CCC(=O)O)NC(=O)[C@H](CCCCN)NC(=O)[C@@H]1CCCN1)C(=O)O. The molecule has 10 N–H and O–H groups in total. The summed E-state index contributed by atoms with van der Waals surface area (Å²) in [5.41, 5.74) is 11.0. The van der Waals surface area contributed by atoms with E-state index in [0.717, 1.165) is 6.42 Å². The van der Waals surface area contributed by atoms with E-state index in [0.29, 0.717) is 51.7 Å². The highest BCUT2D eigenvalue weighted by Crippen LogP contribution is 2.09. The first kappa shape index (κ1) is 30.3. The normalized spacial score (nSPS) is 17.7. The van der Waals surface area contributed by atoms with E-state index in [1.807, 2.05) is 0 Å². The molecule has 4 atom stereocenters. The molecular weight excluding hydrogens is 460 g/mol. The number of unbranched alkanes of at least 4 members (excludes halogenated alkanes) is 2. The van der Waals surface area contributed by atoms with Gasteiger partial charge in [0.1, 0.15) is 18.1 Å². The summed E-state index contributed by atoms with van der Waals surface area (Å²) >= 11 is 0. The number of hydrogen-bond acceptors (Lipinski definition) is 8. The number of hydrogen-bond donors (Lipinski definition) is 8. The number of carboxylic acid groups (broad SMARTS) is 2. The van der Waals surface area contributed by atoms with Gasteiger partial charge in [-0.15, -0.1) is 0 Å². The van der Waals surface area contributed by atoms with E-state index in [9.17, 15) is 29.1 Å². The predicted molar refractivity (Wildman–Crippen MR) is 127 cm³/mol. The molecule has 1 aliphatic rings. The van der Waals surface area contributed by atoms with Crippen LogP contribution in [0.2, 0.25) is 0 Å². The van der Waals surface area contributed by atoms with Crippen LogP contribution in [0, 0.1) is 0 Å². The molecule has 1 heterocycles. The summed E-state index contributed by atoms with van der Waals surface area (Å²) in [6.07, 6.45) is 3.51. The summed E-state index contributed by atoms with van der Waals surface area (Å²) in [4.78, 5) is 61.1. The predicted octanol–water partition coefficient (Wildman–Crippen LogP) is -1.60. The van der Waals surface area contributed by atoms with E-state index in [1.165, 1.54) is 0 Å². The van der Waals surface area contributed by atoms with Crippen molar-refractivity contribution in [1.29, 1.82) is 0 Å². The Bertz CT molecular complexity index is 714. The highest BCUT2D eigenvalue weighted by atomic mass is 16.4. The zero-order valence-corrected chi connectivity index (χ0v) is 20.1. The Morgan fingerprint density at radius 2 is 1.34 bits per heavy atom. The Labute approximate surface area is 205 Å². The van der Waals surface area contributed by atoms with Crippen LogP contribution in [0.1, 0.15) is 64.2 Å². The van der Waals surface area contributed by atoms with Gasteiger partial charge in [-0.3, -0.25) is 19.2 Å². The van der Waals surface area contributed by atoms with Crippen molar-refractivity contribution in [1.82, 2.24) is 21.3 Å². The van der Waals surface area contributed by atoms with Crippen molar-refractivity contribution < 1.29 is 34.2 Å². The highest BCUT2D eigenvalue weighted by molar-refractivity contribution is 5.94. The molecule has 13 nitrogen and oxygen atoms in total. The summed E-state index contributed by atoms with van der Waals surface area (Å²) in [7, 11) is 0. The van der Waals surface area contributed by atoms with Crippen molar-refractivity contribution in [2.24, 2.45) is 11.5 Å². The fourth-order valence-electron chi connectivity index (χ4n) is 3.77. The summed E-state index contributed by atoms with van der Waals surface area (Å²) in [5, 5.41) is 29.1. The standard InChI is InChI=1S/C22H40N6O7/c23-11-3-1-6-15(26-19(31)14-8-5-13-25-14)20(32)27-16(9-10-18(29)30)21(33)28-17(22(34)35)7-2-4-12-24/h14-17,25H,1-13,23-24H2,(H,26,31)(H,27,32)(H,28,33)(H,29,30)(H,34,35)/t14-,15-,16-,17-/m0/s1. The van der Waals surface area contributed by atoms with Gasteiger partial charge in [-0.25, -0.2) is 4.79 Å². The van der Waals surface area contributed by atoms with Gasteiger partial charge >= 0.3 is 11.9 Å². The van der Waals surface area contributed by atoms with E-state index in [-0.39, 0.29) is 25.2 Å². The number of amides is 3. The zero-order chi connectivity index (χ0) is 26.2. The molecule has 0 radical (unpaired) electrons. The molecule has 0 unspecified atom stereocenters. The Morgan fingerprint density at radius 3 is 1.83 bits per heavy atom. The average Bonchev–Trinajstić information content (AvgIpc) is 3.35. The van der Waals surface area contributed by atoms with Gasteiger partial charge in [0, 0.05) is 6.42 Å². The second-order valence-electron chi connectivity index (χ2n) is 8.67. The number of rotatable bonds is 18. The monoisotopic (exact) mass is 500 g/mol. The third-order valence-electron chi connectivity index (χ3n) is 5.80. The van der Waals surface area contributed by atoms with E-state index < -0.39 is 54.3 Å². The smallest absolute Gasteiger partial charge is 0.326 e. The minimum atomic E-state index is -1.28. The summed E-state index contributed by atoms with van der Waals surface area (Å²) in [6, 6.07) is -3.84. The maximum absolute atomic E-state index is 13.0. The third-order valence-corrected chi connectivity index (χ3v) is 5.80. The Hall–Kier alpha value is -2.77. The molecule has 1 aliphatic heterocycles. The molecule has 1 saturated heterocycles. The van der Waals surface area contributed by atoms with E-state index in [4.69, 9.17) is 16.6 Å². The molecule has 0 bridgehead atoms. The summed E-state index contributed by atoms with van der Waals surface area (Å²) in [5.74, 6) is -4.18. The van der Waals surface area contributed by atoms with Crippen molar-refractivity contribution in [2.75, 3.05) is 19.6 Å². The largest absolute Gasteiger partial charge is 0.481 e. The molecule has 3 amide bonds. The number of aliphatic carboxylic acids is 2. The first-order valence-electron chi connectivity index (χ1n) is 12.2. The lowest BCUT2D eigenvalue weighted by Gasteiger charge is -2.25. The Balaban J connectivity index is 2.91. The second kappa shape index (κ2) is 16.8. The van der Waals surface area contributed by atoms with Crippen LogP contribution < -0.4 is 32.7 Å². The van der Waals surface area contributed by atoms with Gasteiger partial charge in [0.25, 0.3) is 0 Å². The number of nitrogens with two attached hydrogens (primary N) is 2. The van der Waals surface area contributed by atoms with Crippen LogP contribution in [-0.4, -0.2) is 83.7 Å². The van der Waals surface area contributed by atoms with Crippen LogP contribution in [0.4, 0.5) is 0 Å². The summed E-state index contributed by atoms with van der Waals surface area (Å²) in [6.45, 7) is 1.50. The van der Waals surface area contributed by atoms with E-state index in [1.54, 1.807) is 0 Å². The summed E-state index contributed by atoms with van der Waals surface area (Å²) < 4.78 is 0. The third kappa shape index (κ3) is 12.0. The second-order valence-corrected chi connectivity index (χ2v) is 8.67. The van der Waals surface area contributed by atoms with Gasteiger partial charge < -0.3 is 42.9 Å². The number of nitrogens with one attached hydrogen (secondary N) is 4. The molecule has 0 aliphatic carbocycles. The van der Waals surface area contributed by atoms with Crippen molar-refractivity contribution in [3.05, 3.63) is 0 Å². The highest BCUT2D eigenvalue weighted by Gasteiger charge is 2.31. The van der Waals surface area contributed by atoms with Crippen LogP contribution in [0.15, 0.2) is 0 Å². The molecule has 0 aromatic carbocycles. The lowest BCUT2D eigenvalue weighted by Crippen LogP contribution is -2.57. The average molecular weight is 501 g/mol. The molecule has 35 heavy (non-hydrogen) atoms. The number of carbonyl (C=O) groups is 5. The van der Waals surface area contributed by atoms with Crippen molar-refractivity contribution in [2.45, 2.75) is 88.4 Å². The topological polar surface area (TPSA) is 226 Å². The van der Waals surface area contributed by atoms with Gasteiger partial charge in [-0.1, -0.05) is 0 Å². The van der Waals surface area contributed by atoms with Gasteiger partial charge in [-0.05, 0) is 77.4 Å². The quantitative estimate of drug-likeness (QED) is 0.101. The van der Waals surface area contributed by atoms with Gasteiger partial charge in [0.2, 0.25) is 17.7 Å². The zero-order valence-electron chi connectivity index (χ0n) is 20.1. The molecule has 1 fully saturated rings. The minimum Gasteiger partial charge on any atom is -0.481 e. The van der Waals surface area contributed by atoms with Crippen LogP contribution >= 0.6 is 0 Å². The molecule has 1 rings (SSSR count). The van der Waals surface area contributed by atoms with Gasteiger partial charge in [0.05, 0.1) is 6.04 Å². The Kier molecular flexibility index (Phi) is 14.5. The maximum Gasteiger partial charge on any atom is 0.326 e. The fraction of sp³-hybridized carbons (Fsp3) is 0.773. The maximum atomic E-state index is 13.0. The van der Waals surface area contributed by atoms with Crippen molar-refractivity contribution >= 4 is 29.7 Å². The fourth-order valence-corrected chi connectivity index (χ4v) is 3.77. The van der Waals surface area contributed by atoms with E-state index in [2.05, 4.69) is 21.3 Å². The molecule has 200 valence electrons. The molecular formula is C22H40N6O7. The molecule has 0 aromatic rings. The minimum absolute atomic E-state index is 0.143. The van der Waals surface area contributed by atoms with Crippen molar-refractivity contribution in [3.8, 4) is 0 Å². The van der Waals surface area contributed by atoms with Crippen LogP contribution in [-0.2, 0) is 24.0 Å². The number of carboxylic acids is 2. The molecule has 13 heteroatoms. The van der Waals surface area contributed by atoms with Crippen molar-refractivity contribution in [3.63, 3.8) is 0 Å². The molecule has 0 aromatic heterocycles. The lowest BCUT2D eigenvalue weighted by molar-refractivity contribution is -0.143. The van der Waals surface area contributed by atoms with Gasteiger partial charge in [-0.2, -0.15) is 0 Å². The number of carbonyl (C=O) groups excluding carboxylic acids is 3. The first-order valence-corrected chi connectivity index (χ1v) is 12.2. The van der Waals surface area contributed by atoms with Gasteiger partial charge in [0.15, 0.2) is 0 Å². The first-order chi connectivity index (χ1) is 16.7. The molecule has 0 spiro atoms. The Morgan fingerprint density at radius 1 is 0.800 bits per heavy atom. The van der Waals surface area contributed by atoms with Crippen LogP contribution in [0.5, 0.6) is 0 Å². The lowest BCUT2D eigenvalue weighted by atomic mass is 10.0. The van der Waals surface area contributed by atoms with Crippen LogP contribution in [0.25, 0.3) is 0 Å². The van der Waals surface area contributed by atoms with Crippen LogP contribution in [0.3, 0.4) is 0 Å².